The van der Waals surface area contributed by atoms with Crippen molar-refractivity contribution in [1.29, 1.82) is 0 Å². The molecule has 1 aromatic heterocycles. The Hall–Kier alpha value is -2.36. The smallest absolute Gasteiger partial charge is 0.227 e. The topological polar surface area (TPSA) is 39.4 Å². The summed E-state index contributed by atoms with van der Waals surface area (Å²) in [5.74, 6) is 1.47. The Bertz CT molecular complexity index is 754. The van der Waals surface area contributed by atoms with Crippen molar-refractivity contribution in [3.63, 3.8) is 0 Å². The van der Waals surface area contributed by atoms with Crippen LogP contribution >= 0.6 is 0 Å². The Morgan fingerprint density at radius 3 is 2.65 bits per heavy atom. The number of hydrogen-bond donors (Lipinski definition) is 0. The van der Waals surface area contributed by atoms with Crippen LogP contribution in [0.4, 0.5) is 0 Å². The standard InChI is InChI=1S/C19H20NO3/c21-17(15-5-6-18-19(11-15)23-10-9-22-18)13-20-8-7-14-3-1-2-4-16(14)12-20/h5-8,11-12H,1-4,9-10,13H2/q+1. The van der Waals surface area contributed by atoms with Gasteiger partial charge in [0.15, 0.2) is 23.9 Å². The molecule has 2 heterocycles. The minimum absolute atomic E-state index is 0.0859. The lowest BCUT2D eigenvalue weighted by Gasteiger charge is -2.18. The third kappa shape index (κ3) is 2.93. The zero-order chi connectivity index (χ0) is 15.6. The second-order valence-corrected chi connectivity index (χ2v) is 6.16. The van der Waals surface area contributed by atoms with Gasteiger partial charge >= 0.3 is 0 Å². The molecule has 2 aliphatic rings. The molecule has 0 spiro atoms. The lowest BCUT2D eigenvalue weighted by Crippen LogP contribution is -2.38. The van der Waals surface area contributed by atoms with Gasteiger partial charge in [0.2, 0.25) is 12.3 Å². The van der Waals surface area contributed by atoms with E-state index in [0.29, 0.717) is 36.8 Å². The van der Waals surface area contributed by atoms with E-state index in [-0.39, 0.29) is 5.78 Å². The van der Waals surface area contributed by atoms with Crippen LogP contribution in [-0.2, 0) is 19.4 Å². The van der Waals surface area contributed by atoms with E-state index in [9.17, 15) is 4.79 Å². The van der Waals surface area contributed by atoms with Gasteiger partial charge in [0.1, 0.15) is 13.2 Å². The van der Waals surface area contributed by atoms with Gasteiger partial charge in [0.05, 0.1) is 0 Å². The summed E-state index contributed by atoms with van der Waals surface area (Å²) >= 11 is 0. The van der Waals surface area contributed by atoms with Crippen molar-refractivity contribution in [3.05, 3.63) is 53.3 Å². The first-order chi connectivity index (χ1) is 11.3. The first kappa shape index (κ1) is 14.2. The molecular formula is C19H20NO3+. The molecular weight excluding hydrogens is 290 g/mol. The fourth-order valence-corrected chi connectivity index (χ4v) is 3.29. The Kier molecular flexibility index (Phi) is 3.74. The number of carbonyl (C=O) groups is 1. The van der Waals surface area contributed by atoms with Gasteiger partial charge in [0, 0.05) is 17.2 Å². The third-order valence-corrected chi connectivity index (χ3v) is 4.53. The highest BCUT2D eigenvalue weighted by molar-refractivity contribution is 5.95. The van der Waals surface area contributed by atoms with Gasteiger partial charge in [-0.1, -0.05) is 0 Å². The molecule has 1 aliphatic heterocycles. The first-order valence-corrected chi connectivity index (χ1v) is 8.23. The number of ketones is 1. The molecule has 0 unspecified atom stereocenters. The van der Waals surface area contributed by atoms with Gasteiger partial charge in [-0.2, -0.15) is 4.57 Å². The molecule has 0 saturated carbocycles. The summed E-state index contributed by atoms with van der Waals surface area (Å²) in [5.41, 5.74) is 3.48. The molecule has 0 N–H and O–H groups in total. The van der Waals surface area contributed by atoms with Crippen molar-refractivity contribution in [2.24, 2.45) is 0 Å². The molecule has 0 bridgehead atoms. The van der Waals surface area contributed by atoms with E-state index in [2.05, 4.69) is 12.3 Å². The number of aromatic nitrogens is 1. The summed E-state index contributed by atoms with van der Waals surface area (Å²) in [5, 5.41) is 0. The van der Waals surface area contributed by atoms with E-state index in [0.717, 1.165) is 12.8 Å². The number of ether oxygens (including phenoxy) is 2. The number of aryl methyl sites for hydroxylation is 2. The fourth-order valence-electron chi connectivity index (χ4n) is 3.29. The highest BCUT2D eigenvalue weighted by Gasteiger charge is 2.19. The summed E-state index contributed by atoms with van der Waals surface area (Å²) in [6.45, 7) is 1.45. The molecule has 0 fully saturated rings. The predicted molar refractivity (Wildman–Crippen MR) is 85.0 cm³/mol. The van der Waals surface area contributed by atoms with Crippen LogP contribution in [0.15, 0.2) is 36.7 Å². The molecule has 4 rings (SSSR count). The van der Waals surface area contributed by atoms with Crippen LogP contribution in [0.25, 0.3) is 0 Å². The third-order valence-electron chi connectivity index (χ3n) is 4.53. The van der Waals surface area contributed by atoms with Gasteiger partial charge in [-0.05, 0) is 49.4 Å². The van der Waals surface area contributed by atoms with Crippen LogP contribution in [0.1, 0.15) is 34.3 Å². The molecule has 0 amide bonds. The Balaban J connectivity index is 1.53. The van der Waals surface area contributed by atoms with E-state index in [4.69, 9.17) is 9.47 Å². The van der Waals surface area contributed by atoms with Crippen molar-refractivity contribution in [3.8, 4) is 11.5 Å². The van der Waals surface area contributed by atoms with E-state index < -0.39 is 0 Å². The molecule has 2 aromatic rings. The summed E-state index contributed by atoms with van der Waals surface area (Å²) in [7, 11) is 0. The van der Waals surface area contributed by atoms with Crippen molar-refractivity contribution >= 4 is 5.78 Å². The van der Waals surface area contributed by atoms with Gasteiger partial charge in [-0.3, -0.25) is 4.79 Å². The summed E-state index contributed by atoms with van der Waals surface area (Å²) in [4.78, 5) is 12.6. The number of Topliss-reactive ketones (excluding diaryl/α,β-unsaturated/α-hetero) is 1. The average Bonchev–Trinajstić information content (AvgIpc) is 2.61. The molecule has 1 aromatic carbocycles. The number of pyridine rings is 1. The van der Waals surface area contributed by atoms with E-state index in [1.165, 1.54) is 24.0 Å². The van der Waals surface area contributed by atoms with Crippen LogP contribution < -0.4 is 14.0 Å². The number of benzene rings is 1. The maximum Gasteiger partial charge on any atom is 0.227 e. The van der Waals surface area contributed by atoms with Crippen LogP contribution in [0, 0.1) is 0 Å². The van der Waals surface area contributed by atoms with Crippen molar-refractivity contribution in [1.82, 2.24) is 0 Å². The van der Waals surface area contributed by atoms with Crippen molar-refractivity contribution in [2.45, 2.75) is 32.2 Å². The van der Waals surface area contributed by atoms with Gasteiger partial charge in [-0.15, -0.1) is 0 Å². The summed E-state index contributed by atoms with van der Waals surface area (Å²) in [6.07, 6.45) is 8.94. The van der Waals surface area contributed by atoms with E-state index >= 15 is 0 Å². The lowest BCUT2D eigenvalue weighted by atomic mass is 9.93. The van der Waals surface area contributed by atoms with E-state index in [1.54, 1.807) is 6.07 Å². The summed E-state index contributed by atoms with van der Waals surface area (Å²) < 4.78 is 13.0. The average molecular weight is 310 g/mol. The van der Waals surface area contributed by atoms with Gasteiger partial charge in [0.25, 0.3) is 0 Å². The van der Waals surface area contributed by atoms with Crippen LogP contribution in [0.2, 0.25) is 0 Å². The highest BCUT2D eigenvalue weighted by atomic mass is 16.6. The quantitative estimate of drug-likeness (QED) is 0.646. The molecule has 118 valence electrons. The number of carbonyl (C=O) groups excluding carboxylic acids is 1. The normalized spacial score (nSPS) is 15.8. The minimum atomic E-state index is 0.0859. The van der Waals surface area contributed by atoms with Crippen molar-refractivity contribution in [2.75, 3.05) is 13.2 Å². The highest BCUT2D eigenvalue weighted by Crippen LogP contribution is 2.30. The fraction of sp³-hybridized carbons (Fsp3) is 0.368. The second-order valence-electron chi connectivity index (χ2n) is 6.16. The number of fused-ring (bicyclic) bond motifs is 2. The lowest BCUT2D eigenvalue weighted by molar-refractivity contribution is -0.683. The monoisotopic (exact) mass is 310 g/mol. The SMILES string of the molecule is O=C(C[n+]1ccc2c(c1)CCCC2)c1ccc2c(c1)OCCO2. The zero-order valence-corrected chi connectivity index (χ0v) is 13.1. The van der Waals surface area contributed by atoms with Crippen LogP contribution in [0.3, 0.4) is 0 Å². The Morgan fingerprint density at radius 1 is 1.00 bits per heavy atom. The minimum Gasteiger partial charge on any atom is -0.486 e. The molecule has 4 nitrogen and oxygen atoms in total. The molecule has 0 radical (unpaired) electrons. The van der Waals surface area contributed by atoms with Crippen LogP contribution in [0.5, 0.6) is 11.5 Å². The number of rotatable bonds is 3. The maximum absolute atomic E-state index is 12.6. The van der Waals surface area contributed by atoms with E-state index in [1.807, 2.05) is 22.9 Å². The molecule has 23 heavy (non-hydrogen) atoms. The maximum atomic E-state index is 12.6. The number of nitrogens with zero attached hydrogens (tertiary/aromatic N) is 1. The molecule has 4 heteroatoms. The predicted octanol–water partition coefficient (Wildman–Crippen LogP) is 2.51. The van der Waals surface area contributed by atoms with Crippen LogP contribution in [-0.4, -0.2) is 19.0 Å². The molecule has 0 atom stereocenters. The van der Waals surface area contributed by atoms with Gasteiger partial charge in [-0.25, -0.2) is 0 Å². The first-order valence-electron chi connectivity index (χ1n) is 8.23. The van der Waals surface area contributed by atoms with Gasteiger partial charge < -0.3 is 9.47 Å². The zero-order valence-electron chi connectivity index (χ0n) is 13.1. The Labute approximate surface area is 135 Å². The largest absolute Gasteiger partial charge is 0.486 e. The molecule has 1 aliphatic carbocycles. The summed E-state index contributed by atoms with van der Waals surface area (Å²) in [6, 6.07) is 7.58. The second kappa shape index (κ2) is 6.03. The molecule has 0 saturated heterocycles. The number of hydrogen-bond acceptors (Lipinski definition) is 3. The van der Waals surface area contributed by atoms with Crippen molar-refractivity contribution < 1.29 is 18.8 Å². The Morgan fingerprint density at radius 2 is 1.78 bits per heavy atom.